The van der Waals surface area contributed by atoms with Gasteiger partial charge in [0, 0.05) is 43.6 Å². The summed E-state index contributed by atoms with van der Waals surface area (Å²) in [6, 6.07) is 73.0. The number of para-hydroxylation sites is 3. The smallest absolute Gasteiger partial charge is 0.235 e. The summed E-state index contributed by atoms with van der Waals surface area (Å²) in [6.07, 6.45) is 0. The van der Waals surface area contributed by atoms with Crippen molar-refractivity contribution in [3.05, 3.63) is 206 Å². The average molecular weight is 779 g/mol. The molecule has 5 nitrogen and oxygen atoms in total. The van der Waals surface area contributed by atoms with E-state index in [0.29, 0.717) is 5.95 Å². The minimum atomic E-state index is 0.628. The maximum atomic E-state index is 6.54. The van der Waals surface area contributed by atoms with Gasteiger partial charge in [0.1, 0.15) is 11.2 Å². The van der Waals surface area contributed by atoms with Crippen LogP contribution in [0, 0.1) is 0 Å². The summed E-state index contributed by atoms with van der Waals surface area (Å²) < 4.78 is 11.3. The Bertz CT molecular complexity index is 3860. The monoisotopic (exact) mass is 778 g/mol. The zero-order chi connectivity index (χ0) is 40.0. The van der Waals surface area contributed by atoms with E-state index in [1.807, 2.05) is 6.07 Å². The molecule has 9 aromatic carbocycles. The second kappa shape index (κ2) is 13.1. The van der Waals surface area contributed by atoms with Crippen LogP contribution >= 0.6 is 0 Å². The Morgan fingerprint density at radius 3 is 1.75 bits per heavy atom. The topological polar surface area (TPSA) is 48.8 Å². The number of fused-ring (bicyclic) bond motifs is 12. The Labute approximate surface area is 350 Å². The molecule has 13 aromatic rings. The number of rotatable bonds is 5. The summed E-state index contributed by atoms with van der Waals surface area (Å²) in [5, 5.41) is 7.82. The second-order valence-electron chi connectivity index (χ2n) is 15.7. The largest absolute Gasteiger partial charge is 0.456 e. The van der Waals surface area contributed by atoms with Gasteiger partial charge >= 0.3 is 0 Å². The Morgan fingerprint density at radius 1 is 0.344 bits per heavy atom. The van der Waals surface area contributed by atoms with Crippen molar-refractivity contribution in [3.63, 3.8) is 0 Å². The van der Waals surface area contributed by atoms with E-state index in [1.54, 1.807) is 0 Å². The number of furan rings is 1. The van der Waals surface area contributed by atoms with Crippen LogP contribution in [0.1, 0.15) is 0 Å². The van der Waals surface area contributed by atoms with Gasteiger partial charge in [-0.1, -0.05) is 158 Å². The van der Waals surface area contributed by atoms with Gasteiger partial charge in [0.2, 0.25) is 5.95 Å². The minimum Gasteiger partial charge on any atom is -0.456 e. The molecule has 0 aliphatic carbocycles. The summed E-state index contributed by atoms with van der Waals surface area (Å²) >= 11 is 0. The van der Waals surface area contributed by atoms with E-state index in [4.69, 9.17) is 14.4 Å². The van der Waals surface area contributed by atoms with E-state index < -0.39 is 0 Å². The molecule has 0 saturated carbocycles. The molecular formula is C56H34N4O. The summed E-state index contributed by atoms with van der Waals surface area (Å²) in [6.45, 7) is 0. The number of hydrogen-bond donors (Lipinski definition) is 0. The SMILES string of the molecule is c1ccc(-c2ccc(-c3nc(-n4c5ccccc5c5c4ccc4c6ccc7oc8ccccc8c7c6n(-c6cccc(-c7ccccc7)c6)c45)nc4ccccc34)cc2)cc1. The van der Waals surface area contributed by atoms with Gasteiger partial charge in [-0.05, 0) is 70.8 Å². The van der Waals surface area contributed by atoms with Crippen molar-refractivity contribution in [2.24, 2.45) is 0 Å². The second-order valence-corrected chi connectivity index (χ2v) is 15.7. The lowest BCUT2D eigenvalue weighted by Gasteiger charge is -2.13. The van der Waals surface area contributed by atoms with Crippen molar-refractivity contribution in [1.82, 2.24) is 19.1 Å². The molecule has 0 atom stereocenters. The maximum Gasteiger partial charge on any atom is 0.235 e. The van der Waals surface area contributed by atoms with Crippen LogP contribution in [0.25, 0.3) is 122 Å². The van der Waals surface area contributed by atoms with Gasteiger partial charge in [-0.25, -0.2) is 9.97 Å². The molecule has 0 saturated heterocycles. The third-order valence-electron chi connectivity index (χ3n) is 12.3. The molecule has 61 heavy (non-hydrogen) atoms. The highest BCUT2D eigenvalue weighted by atomic mass is 16.3. The quantitative estimate of drug-likeness (QED) is 0.175. The van der Waals surface area contributed by atoms with Gasteiger partial charge in [-0.2, -0.15) is 0 Å². The zero-order valence-electron chi connectivity index (χ0n) is 32.8. The number of benzene rings is 9. The fourth-order valence-electron chi connectivity index (χ4n) is 9.62. The summed E-state index contributed by atoms with van der Waals surface area (Å²) in [5.74, 6) is 0.628. The fraction of sp³-hybridized carbons (Fsp3) is 0. The predicted octanol–water partition coefficient (Wildman–Crippen LogP) is 14.7. The van der Waals surface area contributed by atoms with Crippen LogP contribution in [0.4, 0.5) is 0 Å². The molecule has 0 spiro atoms. The van der Waals surface area contributed by atoms with Crippen LogP contribution in [0.15, 0.2) is 211 Å². The van der Waals surface area contributed by atoms with Crippen molar-refractivity contribution < 1.29 is 4.42 Å². The molecular weight excluding hydrogens is 745 g/mol. The molecule has 0 fully saturated rings. The Morgan fingerprint density at radius 2 is 0.951 bits per heavy atom. The van der Waals surface area contributed by atoms with Gasteiger partial charge in [-0.15, -0.1) is 0 Å². The van der Waals surface area contributed by atoms with Crippen LogP contribution in [0.2, 0.25) is 0 Å². The summed E-state index contributed by atoms with van der Waals surface area (Å²) in [5.41, 5.74) is 14.6. The van der Waals surface area contributed by atoms with E-state index in [0.717, 1.165) is 88.2 Å². The van der Waals surface area contributed by atoms with Crippen LogP contribution in [0.5, 0.6) is 0 Å². The van der Waals surface area contributed by atoms with Gasteiger partial charge in [0.15, 0.2) is 0 Å². The zero-order valence-corrected chi connectivity index (χ0v) is 32.8. The molecule has 0 unspecified atom stereocenters. The minimum absolute atomic E-state index is 0.628. The van der Waals surface area contributed by atoms with E-state index in [1.165, 1.54) is 27.5 Å². The molecule has 0 radical (unpaired) electrons. The average Bonchev–Trinajstić information content (AvgIpc) is 3.99. The molecule has 284 valence electrons. The van der Waals surface area contributed by atoms with Crippen molar-refractivity contribution in [2.45, 2.75) is 0 Å². The number of hydrogen-bond acceptors (Lipinski definition) is 3. The van der Waals surface area contributed by atoms with Crippen LogP contribution in [0.3, 0.4) is 0 Å². The third kappa shape index (κ3) is 5.08. The standard InChI is InChI=1S/C56H34N4O/c1-3-14-35(15-4-1)37-26-28-38(29-27-37)53-43-20-7-10-23-46(43)57-56(58-53)60-47-24-11-8-21-44(47)51-48(60)32-30-41-42-31-33-50-52(45-22-9-12-25-49(45)61-50)55(42)59(54(41)51)40-19-13-18-39(34-40)36-16-5-2-6-17-36/h1-34H. The molecule has 0 aliphatic heterocycles. The first-order valence-corrected chi connectivity index (χ1v) is 20.7. The van der Waals surface area contributed by atoms with Crippen molar-refractivity contribution in [2.75, 3.05) is 0 Å². The molecule has 5 heteroatoms. The highest BCUT2D eigenvalue weighted by Crippen LogP contribution is 2.46. The van der Waals surface area contributed by atoms with Gasteiger partial charge in [0.05, 0.1) is 38.7 Å². The normalized spacial score (nSPS) is 11.9. The van der Waals surface area contributed by atoms with Gasteiger partial charge in [-0.3, -0.25) is 4.57 Å². The molecule has 0 bridgehead atoms. The van der Waals surface area contributed by atoms with Crippen LogP contribution in [-0.2, 0) is 0 Å². The first-order valence-electron chi connectivity index (χ1n) is 20.7. The Balaban J connectivity index is 1.13. The lowest BCUT2D eigenvalue weighted by Crippen LogP contribution is -2.03. The van der Waals surface area contributed by atoms with E-state index in [-0.39, 0.29) is 0 Å². The van der Waals surface area contributed by atoms with Crippen LogP contribution in [-0.4, -0.2) is 19.1 Å². The highest BCUT2D eigenvalue weighted by Gasteiger charge is 2.25. The maximum absolute atomic E-state index is 6.54. The van der Waals surface area contributed by atoms with E-state index in [9.17, 15) is 0 Å². The first kappa shape index (κ1) is 33.7. The van der Waals surface area contributed by atoms with Crippen molar-refractivity contribution >= 4 is 76.5 Å². The Hall–Kier alpha value is -8.28. The van der Waals surface area contributed by atoms with Gasteiger partial charge in [0.25, 0.3) is 0 Å². The number of aromatic nitrogens is 4. The van der Waals surface area contributed by atoms with Crippen molar-refractivity contribution in [1.29, 1.82) is 0 Å². The highest BCUT2D eigenvalue weighted by molar-refractivity contribution is 6.31. The molecule has 4 heterocycles. The molecule has 0 amide bonds. The molecule has 0 N–H and O–H groups in total. The molecule has 13 rings (SSSR count). The van der Waals surface area contributed by atoms with E-state index >= 15 is 0 Å². The van der Waals surface area contributed by atoms with E-state index in [2.05, 4.69) is 209 Å². The molecule has 0 aliphatic rings. The van der Waals surface area contributed by atoms with Gasteiger partial charge < -0.3 is 8.98 Å². The molecule has 4 aromatic heterocycles. The fourth-order valence-corrected chi connectivity index (χ4v) is 9.62. The van der Waals surface area contributed by atoms with Crippen molar-refractivity contribution in [3.8, 4) is 45.1 Å². The lowest BCUT2D eigenvalue weighted by atomic mass is 10.0. The van der Waals surface area contributed by atoms with Crippen LogP contribution < -0.4 is 0 Å². The summed E-state index contributed by atoms with van der Waals surface area (Å²) in [7, 11) is 0. The predicted molar refractivity (Wildman–Crippen MR) is 252 cm³/mol. The number of nitrogens with zero attached hydrogens (tertiary/aromatic N) is 4. The lowest BCUT2D eigenvalue weighted by molar-refractivity contribution is 0.669. The Kier molecular flexibility index (Phi) is 7.24. The summed E-state index contributed by atoms with van der Waals surface area (Å²) in [4.78, 5) is 10.8. The first-order chi connectivity index (χ1) is 30.3. The third-order valence-corrected chi connectivity index (χ3v) is 12.3.